The number of carbonyl (C=O) groups is 2. The van der Waals surface area contributed by atoms with E-state index in [1.165, 1.54) is 55.2 Å². The molecule has 1 saturated carbocycles. The molecule has 6 nitrogen and oxygen atoms in total. The highest BCUT2D eigenvalue weighted by molar-refractivity contribution is 5.88. The molecule has 0 unspecified atom stereocenters. The first-order valence-corrected chi connectivity index (χ1v) is 16.0. The van der Waals surface area contributed by atoms with E-state index in [0.29, 0.717) is 24.7 Å². The number of unbranched alkanes of at least 4 members (excludes halogenated alkanes) is 4. The highest BCUT2D eigenvalue weighted by Crippen LogP contribution is 2.41. The molecule has 1 fully saturated rings. The zero-order valence-corrected chi connectivity index (χ0v) is 26.0. The van der Waals surface area contributed by atoms with E-state index >= 15 is 0 Å². The van der Waals surface area contributed by atoms with E-state index in [2.05, 4.69) is 62.5 Å². The van der Waals surface area contributed by atoms with E-state index in [0.717, 1.165) is 36.8 Å². The summed E-state index contributed by atoms with van der Waals surface area (Å²) < 4.78 is 10.6. The van der Waals surface area contributed by atoms with Crippen LogP contribution in [0.25, 0.3) is 0 Å². The first-order chi connectivity index (χ1) is 20.8. The van der Waals surface area contributed by atoms with E-state index in [1.807, 2.05) is 0 Å². The second-order valence-corrected chi connectivity index (χ2v) is 11.8. The van der Waals surface area contributed by atoms with Crippen LogP contribution in [0.15, 0.2) is 66.8 Å². The fraction of sp³-hybridized carbons (Fsp3) is 0.514. The quantitative estimate of drug-likeness (QED) is 0.111. The molecular weight excluding hydrogens is 540 g/mol. The summed E-state index contributed by atoms with van der Waals surface area (Å²) in [5.41, 5.74) is 6.32. The first-order valence-electron chi connectivity index (χ1n) is 16.0. The van der Waals surface area contributed by atoms with Crippen LogP contribution in [0.2, 0.25) is 0 Å². The molecule has 0 amide bonds. The minimum Gasteiger partial charge on any atom is -0.462 e. The molecule has 2 aromatic rings. The molecule has 234 valence electrons. The third kappa shape index (κ3) is 11.4. The Bertz CT molecular complexity index is 1140. The third-order valence-electron chi connectivity index (χ3n) is 8.50. The molecule has 0 aliphatic heterocycles. The van der Waals surface area contributed by atoms with Gasteiger partial charge in [-0.2, -0.15) is 0 Å². The van der Waals surface area contributed by atoms with Crippen molar-refractivity contribution < 1.29 is 29.3 Å². The van der Waals surface area contributed by atoms with Gasteiger partial charge in [0.1, 0.15) is 0 Å². The second kappa shape index (κ2) is 18.4. The summed E-state index contributed by atoms with van der Waals surface area (Å²) in [4.78, 5) is 23.8. The van der Waals surface area contributed by atoms with Gasteiger partial charge in [0.15, 0.2) is 0 Å². The van der Waals surface area contributed by atoms with Gasteiger partial charge in [-0.05, 0) is 78.2 Å². The Hall–Kier alpha value is -3.22. The number of carbonyl (C=O) groups excluding carboxylic acids is 2. The van der Waals surface area contributed by atoms with Crippen LogP contribution in [0.5, 0.6) is 0 Å². The standard InChI is InChI=1S/C37H50O6/c1-4-5-6-7-8-9-29-10-12-32(13-11-29)33-14-16-34(17-15-33)35-23-30(18-20-42-36(40)27(2)25-38)22-31(24-35)19-21-43-37(41)28(3)26-39/h10-13,22-24,33-34,38-39H,2-9,14-21,25-26H2,1H3. The number of rotatable bonds is 18. The van der Waals surface area contributed by atoms with Crippen molar-refractivity contribution >= 4 is 11.9 Å². The number of aliphatic hydroxyl groups is 2. The van der Waals surface area contributed by atoms with Crippen molar-refractivity contribution in [3.8, 4) is 0 Å². The van der Waals surface area contributed by atoms with Crippen molar-refractivity contribution in [1.29, 1.82) is 0 Å². The van der Waals surface area contributed by atoms with Crippen LogP contribution in [-0.2, 0) is 38.3 Å². The predicted molar refractivity (Wildman–Crippen MR) is 171 cm³/mol. The molecule has 0 spiro atoms. The maximum atomic E-state index is 11.9. The van der Waals surface area contributed by atoms with Gasteiger partial charge >= 0.3 is 11.9 Å². The molecule has 2 N–H and O–H groups in total. The minimum absolute atomic E-state index is 0.0366. The zero-order chi connectivity index (χ0) is 31.0. The number of esters is 2. The van der Waals surface area contributed by atoms with Crippen LogP contribution >= 0.6 is 0 Å². The Labute approximate surface area is 257 Å². The molecule has 3 rings (SSSR count). The Kier molecular flexibility index (Phi) is 14.7. The number of aryl methyl sites for hydroxylation is 1. The van der Waals surface area contributed by atoms with Crippen molar-refractivity contribution in [2.24, 2.45) is 0 Å². The fourth-order valence-electron chi connectivity index (χ4n) is 5.82. The molecular formula is C37H50O6. The molecule has 0 aromatic heterocycles. The lowest BCUT2D eigenvalue weighted by Crippen LogP contribution is -2.15. The number of hydrogen-bond acceptors (Lipinski definition) is 6. The minimum atomic E-state index is -0.590. The Morgan fingerprint density at radius 2 is 1.16 bits per heavy atom. The third-order valence-corrected chi connectivity index (χ3v) is 8.50. The Balaban J connectivity index is 1.61. The van der Waals surface area contributed by atoms with Crippen LogP contribution in [0, 0.1) is 0 Å². The van der Waals surface area contributed by atoms with E-state index in [9.17, 15) is 9.59 Å². The summed E-state index contributed by atoms with van der Waals surface area (Å²) in [6.07, 6.45) is 13.3. The monoisotopic (exact) mass is 590 g/mol. The van der Waals surface area contributed by atoms with Gasteiger partial charge in [-0.1, -0.05) is 88.2 Å². The van der Waals surface area contributed by atoms with Crippen LogP contribution in [0.3, 0.4) is 0 Å². The summed E-state index contributed by atoms with van der Waals surface area (Å²) in [6, 6.07) is 15.8. The second-order valence-electron chi connectivity index (χ2n) is 11.8. The lowest BCUT2D eigenvalue weighted by molar-refractivity contribution is -0.140. The van der Waals surface area contributed by atoms with Gasteiger partial charge in [0.25, 0.3) is 0 Å². The molecule has 1 aliphatic rings. The molecule has 43 heavy (non-hydrogen) atoms. The highest BCUT2D eigenvalue weighted by atomic mass is 16.5. The van der Waals surface area contributed by atoms with Gasteiger partial charge in [-0.25, -0.2) is 9.59 Å². The van der Waals surface area contributed by atoms with E-state index < -0.39 is 25.2 Å². The van der Waals surface area contributed by atoms with Gasteiger partial charge in [0.05, 0.1) is 37.6 Å². The maximum Gasteiger partial charge on any atom is 0.335 e. The number of benzene rings is 2. The maximum absolute atomic E-state index is 11.9. The Morgan fingerprint density at radius 1 is 0.674 bits per heavy atom. The molecule has 1 aliphatic carbocycles. The van der Waals surface area contributed by atoms with Gasteiger partial charge in [-0.3, -0.25) is 0 Å². The fourth-order valence-corrected chi connectivity index (χ4v) is 5.82. The van der Waals surface area contributed by atoms with Crippen LogP contribution in [-0.4, -0.2) is 48.6 Å². The largest absolute Gasteiger partial charge is 0.462 e. The molecule has 0 atom stereocenters. The van der Waals surface area contributed by atoms with Gasteiger partial charge in [0.2, 0.25) is 0 Å². The topological polar surface area (TPSA) is 93.1 Å². The summed E-state index contributed by atoms with van der Waals surface area (Å²) in [7, 11) is 0. The van der Waals surface area contributed by atoms with Crippen molar-refractivity contribution in [3.05, 3.63) is 94.6 Å². The molecule has 2 aromatic carbocycles. The Morgan fingerprint density at radius 3 is 1.65 bits per heavy atom. The highest BCUT2D eigenvalue weighted by Gasteiger charge is 2.24. The predicted octanol–water partition coefficient (Wildman–Crippen LogP) is 6.91. The zero-order valence-electron chi connectivity index (χ0n) is 26.0. The summed E-state index contributed by atoms with van der Waals surface area (Å²) in [6.45, 7) is 8.82. The van der Waals surface area contributed by atoms with Gasteiger partial charge < -0.3 is 19.7 Å². The first kappa shape index (κ1) is 34.3. The van der Waals surface area contributed by atoms with Crippen molar-refractivity contribution in [2.75, 3.05) is 26.4 Å². The average molecular weight is 591 g/mol. The van der Waals surface area contributed by atoms with E-state index in [-0.39, 0.29) is 24.4 Å². The average Bonchev–Trinajstić information content (AvgIpc) is 3.04. The number of aliphatic hydroxyl groups excluding tert-OH is 2. The van der Waals surface area contributed by atoms with E-state index in [1.54, 1.807) is 0 Å². The molecule has 0 heterocycles. The van der Waals surface area contributed by atoms with E-state index in [4.69, 9.17) is 19.7 Å². The van der Waals surface area contributed by atoms with Gasteiger partial charge in [0, 0.05) is 12.8 Å². The molecule has 0 bridgehead atoms. The summed E-state index contributed by atoms with van der Waals surface area (Å²) >= 11 is 0. The molecule has 0 saturated heterocycles. The number of hydrogen-bond donors (Lipinski definition) is 2. The summed E-state index contributed by atoms with van der Waals surface area (Å²) in [5.74, 6) is -0.164. The van der Waals surface area contributed by atoms with Crippen LogP contribution in [0.1, 0.15) is 104 Å². The van der Waals surface area contributed by atoms with Crippen molar-refractivity contribution in [2.45, 2.75) is 95.8 Å². The normalized spacial score (nSPS) is 16.4. The lowest BCUT2D eigenvalue weighted by Gasteiger charge is -2.30. The number of ether oxygens (including phenoxy) is 2. The van der Waals surface area contributed by atoms with Gasteiger partial charge in [-0.15, -0.1) is 0 Å². The van der Waals surface area contributed by atoms with Crippen molar-refractivity contribution in [1.82, 2.24) is 0 Å². The van der Waals surface area contributed by atoms with Crippen LogP contribution < -0.4 is 0 Å². The lowest BCUT2D eigenvalue weighted by atomic mass is 9.75. The SMILES string of the molecule is C=C(CO)C(=O)OCCc1cc(CCOC(=O)C(=C)CO)cc(C2CCC(c3ccc(CCCCCCC)cc3)CC2)c1. The summed E-state index contributed by atoms with van der Waals surface area (Å²) in [5, 5.41) is 18.2. The molecule has 6 heteroatoms. The van der Waals surface area contributed by atoms with Crippen LogP contribution in [0.4, 0.5) is 0 Å². The molecule has 0 radical (unpaired) electrons. The smallest absolute Gasteiger partial charge is 0.335 e. The van der Waals surface area contributed by atoms with Crippen molar-refractivity contribution in [3.63, 3.8) is 0 Å².